The Bertz CT molecular complexity index is 1340. The summed E-state index contributed by atoms with van der Waals surface area (Å²) in [5.41, 5.74) is 2.47. The van der Waals surface area contributed by atoms with Gasteiger partial charge in [0.05, 0.1) is 17.4 Å². The van der Waals surface area contributed by atoms with Crippen LogP contribution in [0.5, 0.6) is 11.5 Å². The molecule has 31 heavy (non-hydrogen) atoms. The lowest BCUT2D eigenvalue weighted by atomic mass is 10.1. The summed E-state index contributed by atoms with van der Waals surface area (Å²) in [4.78, 5) is 17.8. The molecule has 4 heterocycles. The van der Waals surface area contributed by atoms with Crippen LogP contribution in [0.15, 0.2) is 36.7 Å². The Morgan fingerprint density at radius 1 is 1.29 bits per heavy atom. The van der Waals surface area contributed by atoms with Crippen LogP contribution >= 0.6 is 0 Å². The molecule has 1 aliphatic rings. The molecule has 2 N–H and O–H groups in total. The molecule has 0 aliphatic carbocycles. The largest absolute Gasteiger partial charge is 0.452 e. The molecule has 3 aromatic heterocycles. The molecule has 7 nitrogen and oxygen atoms in total. The molecule has 0 unspecified atom stereocenters. The molecule has 8 heteroatoms. The van der Waals surface area contributed by atoms with E-state index in [0.29, 0.717) is 46.3 Å². The number of ether oxygens (including phenoxy) is 1. The zero-order valence-corrected chi connectivity index (χ0v) is 17.6. The number of carbonyl (C=O) groups is 1. The van der Waals surface area contributed by atoms with Gasteiger partial charge in [0.15, 0.2) is 17.3 Å². The number of halogens is 1. The van der Waals surface area contributed by atoms with E-state index in [9.17, 15) is 9.90 Å². The molecule has 0 bridgehead atoms. The predicted octanol–water partition coefficient (Wildman–Crippen LogP) is 3.96. The van der Waals surface area contributed by atoms with E-state index >= 15 is 4.39 Å². The van der Waals surface area contributed by atoms with Crippen molar-refractivity contribution in [3.63, 3.8) is 0 Å². The molecule has 1 aliphatic heterocycles. The smallest absolute Gasteiger partial charge is 0.255 e. The van der Waals surface area contributed by atoms with Gasteiger partial charge in [-0.05, 0) is 51.0 Å². The van der Waals surface area contributed by atoms with Crippen molar-refractivity contribution in [2.24, 2.45) is 0 Å². The van der Waals surface area contributed by atoms with Gasteiger partial charge in [0.2, 0.25) is 0 Å². The summed E-state index contributed by atoms with van der Waals surface area (Å²) < 4.78 is 22.6. The average molecular weight is 422 g/mol. The van der Waals surface area contributed by atoms with Gasteiger partial charge >= 0.3 is 0 Å². The summed E-state index contributed by atoms with van der Waals surface area (Å²) in [5, 5.41) is 15.0. The quantitative estimate of drug-likeness (QED) is 0.524. The molecule has 1 amide bonds. The van der Waals surface area contributed by atoms with Crippen molar-refractivity contribution in [2.75, 3.05) is 13.1 Å². The van der Waals surface area contributed by atoms with Gasteiger partial charge in [-0.3, -0.25) is 4.79 Å². The van der Waals surface area contributed by atoms with Crippen LogP contribution in [0, 0.1) is 19.7 Å². The number of benzene rings is 1. The maximum absolute atomic E-state index is 15.0. The molecular weight excluding hydrogens is 399 g/mol. The minimum absolute atomic E-state index is 0.101. The standard InChI is InChI=1S/C23H23FN4O3/c1-13-10-15-17(26-13)4-5-18(20(15)24)31-19-6-8-25-28-11-16(14(2)21(19)28)22(29)27-9-7-23(3,30)12-27/h4-6,8,10-11,26,30H,7,9,12H2,1-3H3/t23-/m0/s1. The van der Waals surface area contributed by atoms with Crippen LogP contribution in [0.1, 0.15) is 35.0 Å². The van der Waals surface area contributed by atoms with Crippen molar-refractivity contribution in [1.82, 2.24) is 19.5 Å². The molecule has 160 valence electrons. The number of amides is 1. The highest BCUT2D eigenvalue weighted by Gasteiger charge is 2.35. The first-order valence-corrected chi connectivity index (χ1v) is 10.2. The first-order valence-electron chi connectivity index (χ1n) is 10.2. The Balaban J connectivity index is 1.54. The lowest BCUT2D eigenvalue weighted by Gasteiger charge is -2.18. The molecule has 1 saturated heterocycles. The fourth-order valence-electron chi connectivity index (χ4n) is 4.30. The Hall–Kier alpha value is -3.39. The normalized spacial score (nSPS) is 18.9. The third kappa shape index (κ3) is 3.23. The molecule has 0 radical (unpaired) electrons. The number of hydrogen-bond acceptors (Lipinski definition) is 4. The fourth-order valence-corrected chi connectivity index (χ4v) is 4.30. The second kappa shape index (κ2) is 6.81. The summed E-state index contributed by atoms with van der Waals surface area (Å²) >= 11 is 0. The highest BCUT2D eigenvalue weighted by Crippen LogP contribution is 2.35. The topological polar surface area (TPSA) is 82.9 Å². The van der Waals surface area contributed by atoms with Gasteiger partial charge in [0.1, 0.15) is 5.52 Å². The summed E-state index contributed by atoms with van der Waals surface area (Å²) in [6, 6.07) is 6.76. The number of β-amino-alcohol motifs (C(OH)–C–C–N with tert-alkyl or cyclic N) is 1. The van der Waals surface area contributed by atoms with Gasteiger partial charge in [-0.1, -0.05) is 0 Å². The van der Waals surface area contributed by atoms with E-state index in [1.165, 1.54) is 0 Å². The van der Waals surface area contributed by atoms with E-state index < -0.39 is 11.4 Å². The van der Waals surface area contributed by atoms with E-state index in [0.717, 1.165) is 5.69 Å². The van der Waals surface area contributed by atoms with Crippen LogP contribution in [-0.2, 0) is 0 Å². The number of aliphatic hydroxyl groups is 1. The minimum atomic E-state index is -0.873. The monoisotopic (exact) mass is 422 g/mol. The zero-order chi connectivity index (χ0) is 21.9. The number of aryl methyl sites for hydroxylation is 2. The van der Waals surface area contributed by atoms with Gasteiger partial charge in [0, 0.05) is 41.9 Å². The maximum Gasteiger partial charge on any atom is 0.255 e. The van der Waals surface area contributed by atoms with E-state index in [2.05, 4.69) is 10.1 Å². The highest BCUT2D eigenvalue weighted by molar-refractivity contribution is 5.98. The summed E-state index contributed by atoms with van der Waals surface area (Å²) in [5.74, 6) is -0.104. The number of nitrogens with one attached hydrogen (secondary N) is 1. The minimum Gasteiger partial charge on any atom is -0.452 e. The molecule has 0 saturated carbocycles. The highest BCUT2D eigenvalue weighted by atomic mass is 19.1. The van der Waals surface area contributed by atoms with E-state index in [4.69, 9.17) is 4.74 Å². The van der Waals surface area contributed by atoms with Crippen molar-refractivity contribution in [1.29, 1.82) is 0 Å². The second-order valence-electron chi connectivity index (χ2n) is 8.52. The Morgan fingerprint density at radius 3 is 2.84 bits per heavy atom. The molecule has 0 spiro atoms. The third-order valence-electron chi connectivity index (χ3n) is 5.92. The number of nitrogens with zero attached hydrogens (tertiary/aromatic N) is 3. The molecule has 1 aromatic carbocycles. The van der Waals surface area contributed by atoms with Gasteiger partial charge in [-0.25, -0.2) is 8.91 Å². The van der Waals surface area contributed by atoms with Crippen molar-refractivity contribution in [3.8, 4) is 11.5 Å². The van der Waals surface area contributed by atoms with Crippen LogP contribution in [0.2, 0.25) is 0 Å². The van der Waals surface area contributed by atoms with E-state index in [1.54, 1.807) is 53.0 Å². The van der Waals surface area contributed by atoms with Crippen molar-refractivity contribution in [3.05, 3.63) is 59.3 Å². The molecular formula is C23H23FN4O3. The summed E-state index contributed by atoms with van der Waals surface area (Å²) in [6.45, 7) is 6.20. The number of hydrogen-bond donors (Lipinski definition) is 2. The number of aromatic nitrogens is 3. The third-order valence-corrected chi connectivity index (χ3v) is 5.92. The first kappa shape index (κ1) is 19.6. The lowest BCUT2D eigenvalue weighted by Crippen LogP contribution is -2.34. The van der Waals surface area contributed by atoms with Crippen LogP contribution in [-0.4, -0.2) is 49.2 Å². The number of aromatic amines is 1. The van der Waals surface area contributed by atoms with Crippen molar-refractivity contribution >= 4 is 22.3 Å². The van der Waals surface area contributed by atoms with E-state index in [-0.39, 0.29) is 18.2 Å². The summed E-state index contributed by atoms with van der Waals surface area (Å²) in [6.07, 6.45) is 3.74. The van der Waals surface area contributed by atoms with Gasteiger partial charge in [-0.15, -0.1) is 0 Å². The van der Waals surface area contributed by atoms with Gasteiger partial charge < -0.3 is 19.7 Å². The van der Waals surface area contributed by atoms with Crippen molar-refractivity contribution in [2.45, 2.75) is 32.8 Å². The number of likely N-dealkylation sites (tertiary alicyclic amines) is 1. The Kier molecular flexibility index (Phi) is 4.30. The van der Waals surface area contributed by atoms with Crippen LogP contribution in [0.25, 0.3) is 16.4 Å². The SMILES string of the molecule is Cc1cc2c(F)c(Oc3ccnn4cc(C(=O)N5CC[C@](C)(O)C5)c(C)c34)ccc2[nH]1. The average Bonchev–Trinajstić information content (AvgIpc) is 3.39. The first-order chi connectivity index (χ1) is 14.7. The van der Waals surface area contributed by atoms with Gasteiger partial charge in [-0.2, -0.15) is 5.10 Å². The Morgan fingerprint density at radius 2 is 2.10 bits per heavy atom. The van der Waals surface area contributed by atoms with Crippen LogP contribution in [0.4, 0.5) is 4.39 Å². The number of H-pyrrole nitrogens is 1. The van der Waals surface area contributed by atoms with Crippen molar-refractivity contribution < 1.29 is 19.0 Å². The predicted molar refractivity (Wildman–Crippen MR) is 114 cm³/mol. The zero-order valence-electron chi connectivity index (χ0n) is 17.6. The molecule has 1 atom stereocenters. The maximum atomic E-state index is 15.0. The number of carbonyl (C=O) groups excluding carboxylic acids is 1. The number of rotatable bonds is 3. The van der Waals surface area contributed by atoms with Crippen LogP contribution < -0.4 is 4.74 Å². The molecule has 5 rings (SSSR count). The van der Waals surface area contributed by atoms with Gasteiger partial charge in [0.25, 0.3) is 5.91 Å². The second-order valence-corrected chi connectivity index (χ2v) is 8.52. The fraction of sp³-hybridized carbons (Fsp3) is 0.304. The number of fused-ring (bicyclic) bond motifs is 2. The molecule has 1 fully saturated rings. The van der Waals surface area contributed by atoms with E-state index in [1.807, 2.05) is 13.8 Å². The molecule has 4 aromatic rings. The van der Waals surface area contributed by atoms with Crippen LogP contribution in [0.3, 0.4) is 0 Å². The summed E-state index contributed by atoms with van der Waals surface area (Å²) in [7, 11) is 0. The lowest BCUT2D eigenvalue weighted by molar-refractivity contribution is 0.0572. The Labute approximate surface area is 178 Å².